The molecule has 0 saturated heterocycles. The molecule has 6 heteroatoms. The molecule has 2 N–H and O–H groups in total. The van der Waals surface area contributed by atoms with Crippen LogP contribution in [-0.2, 0) is 4.79 Å². The number of rotatable bonds is 5. The molecule has 1 aliphatic carbocycles. The standard InChI is InChI=1S/C11H12BrNO4/c12-7-3-4-17-9(7)10(14)13-8(11(15)16)5-6-1-2-6/h3-4,6,8H,1-2,5H2,(H,13,14)(H,15,16). The molecule has 1 saturated carbocycles. The zero-order chi connectivity index (χ0) is 12.4. The minimum Gasteiger partial charge on any atom is -0.480 e. The highest BCUT2D eigenvalue weighted by Crippen LogP contribution is 2.33. The fourth-order valence-corrected chi connectivity index (χ4v) is 1.97. The zero-order valence-corrected chi connectivity index (χ0v) is 10.6. The maximum atomic E-state index is 11.7. The van der Waals surface area contributed by atoms with Crippen molar-refractivity contribution in [2.24, 2.45) is 5.92 Å². The molecule has 17 heavy (non-hydrogen) atoms. The van der Waals surface area contributed by atoms with E-state index in [-0.39, 0.29) is 5.76 Å². The Balaban J connectivity index is 1.99. The van der Waals surface area contributed by atoms with E-state index in [2.05, 4.69) is 21.2 Å². The minimum atomic E-state index is -1.01. The summed E-state index contributed by atoms with van der Waals surface area (Å²) in [6, 6.07) is 0.748. The van der Waals surface area contributed by atoms with E-state index in [0.29, 0.717) is 16.8 Å². The molecule has 1 atom stereocenters. The highest BCUT2D eigenvalue weighted by Gasteiger charge is 2.31. The van der Waals surface area contributed by atoms with Gasteiger partial charge in [0.1, 0.15) is 6.04 Å². The molecule has 1 aliphatic rings. The lowest BCUT2D eigenvalue weighted by atomic mass is 10.1. The molecule has 1 aromatic heterocycles. The number of carbonyl (C=O) groups is 2. The molecule has 92 valence electrons. The third-order valence-corrected chi connectivity index (χ3v) is 3.32. The molecular weight excluding hydrogens is 290 g/mol. The number of hydrogen-bond acceptors (Lipinski definition) is 3. The molecule has 0 aromatic carbocycles. The molecule has 0 spiro atoms. The molecular formula is C11H12BrNO4. The summed E-state index contributed by atoms with van der Waals surface area (Å²) in [5, 5.41) is 11.5. The van der Waals surface area contributed by atoms with Crippen LogP contribution in [0.5, 0.6) is 0 Å². The van der Waals surface area contributed by atoms with Gasteiger partial charge in [0.05, 0.1) is 10.7 Å². The number of hydrogen-bond donors (Lipinski definition) is 2. The van der Waals surface area contributed by atoms with Crippen molar-refractivity contribution in [2.45, 2.75) is 25.3 Å². The van der Waals surface area contributed by atoms with E-state index in [9.17, 15) is 9.59 Å². The fraction of sp³-hybridized carbons (Fsp3) is 0.455. The van der Waals surface area contributed by atoms with E-state index < -0.39 is 17.9 Å². The molecule has 0 radical (unpaired) electrons. The molecule has 1 fully saturated rings. The summed E-state index contributed by atoms with van der Waals surface area (Å²) in [7, 11) is 0. The van der Waals surface area contributed by atoms with E-state index in [0.717, 1.165) is 12.8 Å². The first-order valence-electron chi connectivity index (χ1n) is 5.34. The number of carboxylic acid groups (broad SMARTS) is 1. The van der Waals surface area contributed by atoms with Gasteiger partial charge in [0.2, 0.25) is 5.76 Å². The van der Waals surface area contributed by atoms with Crippen molar-refractivity contribution in [2.75, 3.05) is 0 Å². The van der Waals surface area contributed by atoms with Crippen LogP contribution in [0.2, 0.25) is 0 Å². The van der Waals surface area contributed by atoms with Gasteiger partial charge in [0.25, 0.3) is 5.91 Å². The van der Waals surface area contributed by atoms with Crippen molar-refractivity contribution in [1.82, 2.24) is 5.32 Å². The second-order valence-corrected chi connectivity index (χ2v) is 5.00. The summed E-state index contributed by atoms with van der Waals surface area (Å²) < 4.78 is 5.49. The van der Waals surface area contributed by atoms with Gasteiger partial charge in [-0.1, -0.05) is 12.8 Å². The van der Waals surface area contributed by atoms with Crippen molar-refractivity contribution in [3.8, 4) is 0 Å². The lowest BCUT2D eigenvalue weighted by Crippen LogP contribution is -2.41. The van der Waals surface area contributed by atoms with Gasteiger partial charge in [-0.15, -0.1) is 0 Å². The number of amides is 1. The summed E-state index contributed by atoms with van der Waals surface area (Å²) in [6.07, 6.45) is 3.95. The molecule has 0 aliphatic heterocycles. The predicted octanol–water partition coefficient (Wildman–Crippen LogP) is 2.03. The second-order valence-electron chi connectivity index (χ2n) is 4.14. The van der Waals surface area contributed by atoms with Crippen molar-refractivity contribution in [3.05, 3.63) is 22.6 Å². The Bertz CT molecular complexity index is 438. The Hall–Kier alpha value is -1.30. The van der Waals surface area contributed by atoms with E-state index in [1.807, 2.05) is 0 Å². The third-order valence-electron chi connectivity index (χ3n) is 2.69. The first-order valence-corrected chi connectivity index (χ1v) is 6.14. The topological polar surface area (TPSA) is 79.5 Å². The Labute approximate surface area is 106 Å². The summed E-state index contributed by atoms with van der Waals surface area (Å²) in [5.74, 6) is -0.980. The number of halogens is 1. The van der Waals surface area contributed by atoms with Gasteiger partial charge in [-0.05, 0) is 34.3 Å². The Morgan fingerprint density at radius 1 is 1.59 bits per heavy atom. The number of nitrogens with one attached hydrogen (secondary N) is 1. The van der Waals surface area contributed by atoms with Crippen LogP contribution < -0.4 is 5.32 Å². The number of carboxylic acids is 1. The van der Waals surface area contributed by atoms with Crippen molar-refractivity contribution in [1.29, 1.82) is 0 Å². The van der Waals surface area contributed by atoms with Crippen LogP contribution in [0.25, 0.3) is 0 Å². The van der Waals surface area contributed by atoms with Gasteiger partial charge in [-0.25, -0.2) is 4.79 Å². The van der Waals surface area contributed by atoms with Crippen LogP contribution >= 0.6 is 15.9 Å². The first kappa shape index (κ1) is 12.2. The summed E-state index contributed by atoms with van der Waals surface area (Å²) >= 11 is 3.16. The smallest absolute Gasteiger partial charge is 0.326 e. The monoisotopic (exact) mass is 301 g/mol. The van der Waals surface area contributed by atoms with Crippen molar-refractivity contribution in [3.63, 3.8) is 0 Å². The largest absolute Gasteiger partial charge is 0.480 e. The average molecular weight is 302 g/mol. The maximum absolute atomic E-state index is 11.7. The van der Waals surface area contributed by atoms with E-state index in [1.165, 1.54) is 6.26 Å². The van der Waals surface area contributed by atoms with Crippen LogP contribution in [-0.4, -0.2) is 23.0 Å². The molecule has 1 heterocycles. The Morgan fingerprint density at radius 3 is 2.76 bits per heavy atom. The van der Waals surface area contributed by atoms with E-state index in [4.69, 9.17) is 9.52 Å². The molecule has 2 rings (SSSR count). The van der Waals surface area contributed by atoms with Gasteiger partial charge in [-0.3, -0.25) is 4.79 Å². The number of aliphatic carboxylic acids is 1. The van der Waals surface area contributed by atoms with Crippen LogP contribution in [0, 0.1) is 5.92 Å². The minimum absolute atomic E-state index is 0.104. The van der Waals surface area contributed by atoms with E-state index >= 15 is 0 Å². The van der Waals surface area contributed by atoms with Gasteiger partial charge < -0.3 is 14.8 Å². The molecule has 1 aromatic rings. The van der Waals surface area contributed by atoms with Crippen LogP contribution in [0.4, 0.5) is 0 Å². The second kappa shape index (κ2) is 4.91. The van der Waals surface area contributed by atoms with Crippen LogP contribution in [0.1, 0.15) is 29.8 Å². The molecule has 5 nitrogen and oxygen atoms in total. The molecule has 1 amide bonds. The van der Waals surface area contributed by atoms with Crippen LogP contribution in [0.3, 0.4) is 0 Å². The number of carbonyl (C=O) groups excluding carboxylic acids is 1. The Kier molecular flexibility index (Phi) is 3.51. The van der Waals surface area contributed by atoms with Gasteiger partial charge in [0, 0.05) is 0 Å². The molecule has 0 bridgehead atoms. The third kappa shape index (κ3) is 3.09. The first-order chi connectivity index (χ1) is 8.08. The quantitative estimate of drug-likeness (QED) is 0.872. The summed E-state index contributed by atoms with van der Waals surface area (Å²) in [4.78, 5) is 22.7. The van der Waals surface area contributed by atoms with Crippen molar-refractivity contribution >= 4 is 27.8 Å². The average Bonchev–Trinajstić information content (AvgIpc) is 2.97. The summed E-state index contributed by atoms with van der Waals surface area (Å²) in [5.41, 5.74) is 0. The molecule has 1 unspecified atom stereocenters. The normalized spacial score (nSPS) is 16.5. The number of furan rings is 1. The summed E-state index contributed by atoms with van der Waals surface area (Å²) in [6.45, 7) is 0. The lowest BCUT2D eigenvalue weighted by Gasteiger charge is -2.13. The highest BCUT2D eigenvalue weighted by molar-refractivity contribution is 9.10. The SMILES string of the molecule is O=C(NC(CC1CC1)C(=O)O)c1occc1Br. The predicted molar refractivity (Wildman–Crippen MR) is 62.6 cm³/mol. The highest BCUT2D eigenvalue weighted by atomic mass is 79.9. The van der Waals surface area contributed by atoms with Gasteiger partial charge in [-0.2, -0.15) is 0 Å². The lowest BCUT2D eigenvalue weighted by molar-refractivity contribution is -0.139. The maximum Gasteiger partial charge on any atom is 0.326 e. The zero-order valence-electron chi connectivity index (χ0n) is 8.98. The Morgan fingerprint density at radius 2 is 2.29 bits per heavy atom. The van der Waals surface area contributed by atoms with Crippen molar-refractivity contribution < 1.29 is 19.1 Å². The fourth-order valence-electron chi connectivity index (χ4n) is 1.59. The van der Waals surface area contributed by atoms with Gasteiger partial charge in [0.15, 0.2) is 0 Å². The van der Waals surface area contributed by atoms with E-state index in [1.54, 1.807) is 6.07 Å². The van der Waals surface area contributed by atoms with Crippen LogP contribution in [0.15, 0.2) is 21.2 Å². The van der Waals surface area contributed by atoms with Gasteiger partial charge >= 0.3 is 5.97 Å².